The molecular weight excluding hydrogens is 838 g/mol. The summed E-state index contributed by atoms with van der Waals surface area (Å²) in [6.07, 6.45) is -10.6. The van der Waals surface area contributed by atoms with Gasteiger partial charge in [-0.3, -0.25) is 19.2 Å². The number of rotatable bonds is 10. The van der Waals surface area contributed by atoms with Gasteiger partial charge in [-0.25, -0.2) is 9.59 Å². The average molecular weight is 888 g/mol. The van der Waals surface area contributed by atoms with Crippen LogP contribution in [0.1, 0.15) is 86.7 Å². The summed E-state index contributed by atoms with van der Waals surface area (Å²) >= 11 is 6.14. The highest BCUT2D eigenvalue weighted by molar-refractivity contribution is 6.31. The number of amides is 1. The number of aliphatic hydroxyl groups excluding tert-OH is 2. The van der Waals surface area contributed by atoms with Gasteiger partial charge in [-0.15, -0.1) is 0 Å². The van der Waals surface area contributed by atoms with E-state index in [2.05, 4.69) is 5.32 Å². The average Bonchev–Trinajstić information content (AvgIpc) is 3.23. The normalized spacial score (nSPS) is 31.6. The number of aliphatic hydroxyl groups is 3. The zero-order valence-corrected chi connectivity index (χ0v) is 36.3. The minimum Gasteiger partial charge on any atom is -0.456 e. The molecule has 4 aliphatic rings. The Morgan fingerprint density at radius 3 is 2.10 bits per heavy atom. The lowest BCUT2D eigenvalue weighted by atomic mass is 9.44. The first-order valence-corrected chi connectivity index (χ1v) is 21.0. The van der Waals surface area contributed by atoms with E-state index in [1.165, 1.54) is 38.1 Å². The second kappa shape index (κ2) is 16.9. The van der Waals surface area contributed by atoms with Gasteiger partial charge in [0, 0.05) is 42.7 Å². The molecule has 0 spiro atoms. The molecular formula is C47H50ClNO14. The van der Waals surface area contributed by atoms with Gasteiger partial charge in [0.2, 0.25) is 0 Å². The van der Waals surface area contributed by atoms with Gasteiger partial charge in [0.05, 0.1) is 35.6 Å². The number of halogens is 1. The van der Waals surface area contributed by atoms with Crippen molar-refractivity contribution in [3.05, 3.63) is 118 Å². The Balaban J connectivity index is 1.38. The molecule has 3 fully saturated rings. The minimum atomic E-state index is -2.41. The van der Waals surface area contributed by atoms with E-state index in [0.29, 0.717) is 5.56 Å². The Morgan fingerprint density at radius 1 is 0.873 bits per heavy atom. The van der Waals surface area contributed by atoms with Crippen LogP contribution in [0, 0.1) is 16.7 Å². The molecule has 15 nitrogen and oxygen atoms in total. The number of benzene rings is 3. The summed E-state index contributed by atoms with van der Waals surface area (Å²) in [6, 6.07) is 20.7. The highest BCUT2D eigenvalue weighted by atomic mass is 35.5. The molecule has 63 heavy (non-hydrogen) atoms. The van der Waals surface area contributed by atoms with Gasteiger partial charge >= 0.3 is 23.9 Å². The van der Waals surface area contributed by atoms with Crippen LogP contribution in [-0.2, 0) is 42.9 Å². The summed E-state index contributed by atoms with van der Waals surface area (Å²) in [7, 11) is 0. The lowest BCUT2D eigenvalue weighted by Crippen LogP contribution is -2.82. The van der Waals surface area contributed by atoms with Crippen LogP contribution in [0.4, 0.5) is 0 Å². The molecule has 1 saturated heterocycles. The number of carbonyl (C=O) groups excluding carboxylic acids is 6. The van der Waals surface area contributed by atoms with Crippen molar-refractivity contribution in [2.75, 3.05) is 6.61 Å². The molecule has 5 unspecified atom stereocenters. The number of fused-ring (bicyclic) bond motifs is 5. The molecule has 2 bridgehead atoms. The first-order chi connectivity index (χ1) is 29.7. The van der Waals surface area contributed by atoms with Crippen molar-refractivity contribution in [2.24, 2.45) is 16.7 Å². The second-order valence-corrected chi connectivity index (χ2v) is 17.9. The number of hydrogen-bond donors (Lipinski definition) is 4. The smallest absolute Gasteiger partial charge is 0.338 e. The second-order valence-electron chi connectivity index (χ2n) is 17.5. The lowest BCUT2D eigenvalue weighted by Gasteiger charge is -2.67. The van der Waals surface area contributed by atoms with Gasteiger partial charge in [0.1, 0.15) is 23.9 Å². The van der Waals surface area contributed by atoms with Gasteiger partial charge in [0.15, 0.2) is 23.6 Å². The van der Waals surface area contributed by atoms with Crippen molar-refractivity contribution in [1.29, 1.82) is 0 Å². The van der Waals surface area contributed by atoms with Gasteiger partial charge < -0.3 is 44.3 Å². The fourth-order valence-corrected chi connectivity index (χ4v) is 10.4. The largest absolute Gasteiger partial charge is 0.456 e. The fourth-order valence-electron chi connectivity index (χ4n) is 10.2. The number of hydrogen-bond acceptors (Lipinski definition) is 14. The van der Waals surface area contributed by atoms with Crippen LogP contribution < -0.4 is 5.32 Å². The van der Waals surface area contributed by atoms with Crippen LogP contribution >= 0.6 is 11.6 Å². The van der Waals surface area contributed by atoms with E-state index < -0.39 is 113 Å². The van der Waals surface area contributed by atoms with Crippen LogP contribution in [0.15, 0.2) is 96.1 Å². The lowest BCUT2D eigenvalue weighted by molar-refractivity contribution is -0.346. The van der Waals surface area contributed by atoms with Crippen LogP contribution in [0.5, 0.6) is 0 Å². The Bertz CT molecular complexity index is 2350. The zero-order chi connectivity index (χ0) is 45.8. The van der Waals surface area contributed by atoms with Crippen LogP contribution in [0.2, 0.25) is 5.02 Å². The summed E-state index contributed by atoms with van der Waals surface area (Å²) in [4.78, 5) is 83.6. The third kappa shape index (κ3) is 7.73. The molecule has 4 N–H and O–H groups in total. The number of ether oxygens (including phenoxy) is 5. The standard InChI is InChI=1S/C47H50ClNO14/c1-24-31(61-43(57)36(53)35(27-14-9-7-10-15-27)49-41(55)29-18-13-19-30(48)20-29)22-47(58)40(62-42(56)28-16-11-8-12-17-28)38-45(6,32(52)21-33-46(38,23-59-33)63-26(3)51)39(54)37(60-25(2)50)34(24)44(47,4)5/h7-20,31-33,35-38,40,52-53,58H,21-23H2,1-6H3,(H,49,55)/t31?,32-,33+,35?,36?,37+,38?,40?,45+,46-,47+/m0/s1. The maximum atomic E-state index is 15.5. The third-order valence-electron chi connectivity index (χ3n) is 13.5. The third-order valence-corrected chi connectivity index (χ3v) is 13.8. The minimum absolute atomic E-state index is 0.0150. The highest BCUT2D eigenvalue weighted by Crippen LogP contribution is 2.64. The first-order valence-electron chi connectivity index (χ1n) is 20.6. The molecule has 16 heteroatoms. The van der Waals surface area contributed by atoms with E-state index in [0.717, 1.165) is 13.8 Å². The molecule has 3 aliphatic carbocycles. The van der Waals surface area contributed by atoms with Crippen molar-refractivity contribution < 1.29 is 67.8 Å². The highest BCUT2D eigenvalue weighted by Gasteiger charge is 2.78. The summed E-state index contributed by atoms with van der Waals surface area (Å²) in [6.45, 7) is 7.92. The predicted molar refractivity (Wildman–Crippen MR) is 223 cm³/mol. The molecule has 0 aromatic heterocycles. The molecule has 1 heterocycles. The van der Waals surface area contributed by atoms with Crippen LogP contribution in [0.3, 0.4) is 0 Å². The maximum Gasteiger partial charge on any atom is 0.338 e. The predicted octanol–water partition coefficient (Wildman–Crippen LogP) is 4.39. The van der Waals surface area contributed by atoms with Crippen molar-refractivity contribution >= 4 is 47.2 Å². The number of Topliss-reactive ketones (excluding diaryl/α,β-unsaturated/α-hetero) is 1. The number of nitrogens with one attached hydrogen (secondary N) is 1. The van der Waals surface area contributed by atoms with E-state index in [1.54, 1.807) is 74.5 Å². The molecule has 0 radical (unpaired) electrons. The van der Waals surface area contributed by atoms with Crippen molar-refractivity contribution in [1.82, 2.24) is 5.32 Å². The van der Waals surface area contributed by atoms with Crippen molar-refractivity contribution in [3.8, 4) is 0 Å². The molecule has 1 aliphatic heterocycles. The van der Waals surface area contributed by atoms with E-state index >= 15 is 4.79 Å². The molecule has 2 saturated carbocycles. The number of carbonyl (C=O) groups is 6. The molecule has 3 aromatic rings. The summed E-state index contributed by atoms with van der Waals surface area (Å²) < 4.78 is 30.3. The summed E-state index contributed by atoms with van der Waals surface area (Å²) in [5.41, 5.74) is -7.25. The van der Waals surface area contributed by atoms with Gasteiger partial charge in [-0.2, -0.15) is 0 Å². The Labute approximate surface area is 368 Å². The van der Waals surface area contributed by atoms with Crippen molar-refractivity contribution in [2.45, 2.75) is 108 Å². The SMILES string of the molecule is CC(=O)O[C@H]1C(=O)[C@@]2(C)C(C(OC(=O)c3ccccc3)[C@]3(O)CC(OC(=O)C(O)C(NC(=O)c4cccc(Cl)c4)c4ccccc4)C(C)=C1C3(C)C)[C@]1(OC(C)=O)CO[C@@H]1C[C@@H]2O. The van der Waals surface area contributed by atoms with Crippen LogP contribution in [0.25, 0.3) is 0 Å². The molecule has 1 amide bonds. The molecule has 11 atom stereocenters. The Kier molecular flexibility index (Phi) is 12.2. The van der Waals surface area contributed by atoms with E-state index in [1.807, 2.05) is 0 Å². The first kappa shape index (κ1) is 45.6. The van der Waals surface area contributed by atoms with Crippen molar-refractivity contribution in [3.63, 3.8) is 0 Å². The monoisotopic (exact) mass is 887 g/mol. The summed E-state index contributed by atoms with van der Waals surface area (Å²) in [5.74, 6) is -6.99. The van der Waals surface area contributed by atoms with Gasteiger partial charge in [-0.1, -0.05) is 80.0 Å². The topological polar surface area (TPSA) is 221 Å². The number of ketones is 1. The molecule has 334 valence electrons. The van der Waals surface area contributed by atoms with E-state index in [-0.39, 0.29) is 40.3 Å². The zero-order valence-electron chi connectivity index (χ0n) is 35.5. The van der Waals surface area contributed by atoms with E-state index in [9.17, 15) is 39.3 Å². The molecule has 7 rings (SSSR count). The molecule has 3 aromatic carbocycles. The fraction of sp³-hybridized carbons (Fsp3) is 0.447. The maximum absolute atomic E-state index is 15.5. The van der Waals surface area contributed by atoms with Gasteiger partial charge in [0.25, 0.3) is 5.91 Å². The Morgan fingerprint density at radius 2 is 1.51 bits per heavy atom. The van der Waals surface area contributed by atoms with E-state index in [4.69, 9.17) is 35.3 Å². The Hall–Kier alpha value is -5.45. The summed E-state index contributed by atoms with van der Waals surface area (Å²) in [5, 5.41) is 40.5. The van der Waals surface area contributed by atoms with Gasteiger partial charge in [-0.05, 0) is 60.9 Å². The quantitative estimate of drug-likeness (QED) is 0.126. The number of esters is 4. The van der Waals surface area contributed by atoms with Crippen LogP contribution in [-0.4, -0.2) is 105 Å².